The van der Waals surface area contributed by atoms with E-state index < -0.39 is 54.3 Å². The highest BCUT2D eigenvalue weighted by Crippen LogP contribution is 2.19. The Kier molecular flexibility index (Phi) is 12.0. The number of nitrogens with zero attached hydrogens (tertiary/aromatic N) is 1. The summed E-state index contributed by atoms with van der Waals surface area (Å²) in [4.78, 5) is 61.3. The normalized spacial score (nSPS) is 18.5. The van der Waals surface area contributed by atoms with Crippen molar-refractivity contribution >= 4 is 42.3 Å². The van der Waals surface area contributed by atoms with Crippen molar-refractivity contribution in [2.24, 2.45) is 11.5 Å². The second-order valence-electron chi connectivity index (χ2n) is 7.66. The number of carboxylic acids is 2. The zero-order chi connectivity index (χ0) is 24.3. The van der Waals surface area contributed by atoms with Crippen LogP contribution in [0.4, 0.5) is 0 Å². The first-order valence-electron chi connectivity index (χ1n) is 10.5. The third kappa shape index (κ3) is 8.63. The van der Waals surface area contributed by atoms with Crippen LogP contribution >= 0.6 is 12.6 Å². The fourth-order valence-electron chi connectivity index (χ4n) is 3.41. The molecule has 0 radical (unpaired) electrons. The van der Waals surface area contributed by atoms with E-state index in [0.717, 1.165) is 6.42 Å². The van der Waals surface area contributed by atoms with Crippen LogP contribution in [0.15, 0.2) is 0 Å². The Morgan fingerprint density at radius 3 is 2.31 bits per heavy atom. The predicted octanol–water partition coefficient (Wildman–Crippen LogP) is -1.72. The number of nitrogens with one attached hydrogen (secondary N) is 2. The van der Waals surface area contributed by atoms with Crippen LogP contribution in [0.2, 0.25) is 0 Å². The molecule has 0 aromatic rings. The van der Waals surface area contributed by atoms with Crippen molar-refractivity contribution in [3.8, 4) is 0 Å². The number of carbonyl (C=O) groups is 5. The lowest BCUT2D eigenvalue weighted by atomic mass is 10.1. The predicted molar refractivity (Wildman–Crippen MR) is 118 cm³/mol. The van der Waals surface area contributed by atoms with Gasteiger partial charge in [-0.2, -0.15) is 12.6 Å². The topological polar surface area (TPSA) is 205 Å². The second-order valence-corrected chi connectivity index (χ2v) is 8.02. The summed E-state index contributed by atoms with van der Waals surface area (Å²) in [5.41, 5.74) is 11.4. The summed E-state index contributed by atoms with van der Waals surface area (Å²) < 4.78 is 0. The van der Waals surface area contributed by atoms with Crippen LogP contribution in [0.1, 0.15) is 44.9 Å². The van der Waals surface area contributed by atoms with E-state index in [1.807, 2.05) is 0 Å². The molecule has 0 aromatic carbocycles. The molecule has 0 aliphatic carbocycles. The van der Waals surface area contributed by atoms with Gasteiger partial charge in [0.25, 0.3) is 0 Å². The fraction of sp³-hybridized carbons (Fsp3) is 0.737. The summed E-state index contributed by atoms with van der Waals surface area (Å²) in [6.07, 6.45) is 2.15. The van der Waals surface area contributed by atoms with Gasteiger partial charge in [-0.1, -0.05) is 6.42 Å². The molecule has 8 N–H and O–H groups in total. The monoisotopic (exact) mass is 475 g/mol. The van der Waals surface area contributed by atoms with E-state index in [9.17, 15) is 29.1 Å². The summed E-state index contributed by atoms with van der Waals surface area (Å²) in [6.45, 7) is 0.872. The molecule has 182 valence electrons. The standard InChI is InChI=1S/C19H33N5O7S/c20-8-2-1-4-11(21)18(29)24-9-3-5-14(24)17(28)23-13(10-32)16(27)22-12(19(30)31)6-7-15(25)26/h11-14,32H,1-10,20-21H2,(H,22,27)(H,23,28)(H,25,26)(H,30,31). The van der Waals surface area contributed by atoms with Crippen molar-refractivity contribution in [3.05, 3.63) is 0 Å². The molecular formula is C19H33N5O7S. The van der Waals surface area contributed by atoms with E-state index in [-0.39, 0.29) is 18.1 Å². The second kappa shape index (κ2) is 13.9. The van der Waals surface area contributed by atoms with Crippen LogP contribution in [-0.4, -0.2) is 87.8 Å². The highest BCUT2D eigenvalue weighted by atomic mass is 32.1. The molecule has 0 bridgehead atoms. The Morgan fingerprint density at radius 2 is 1.75 bits per heavy atom. The number of carboxylic acid groups (broad SMARTS) is 2. The molecule has 32 heavy (non-hydrogen) atoms. The van der Waals surface area contributed by atoms with Gasteiger partial charge in [-0.05, 0) is 38.6 Å². The maximum atomic E-state index is 12.8. The van der Waals surface area contributed by atoms with Gasteiger partial charge in [-0.3, -0.25) is 19.2 Å². The van der Waals surface area contributed by atoms with Gasteiger partial charge in [0, 0.05) is 18.7 Å². The summed E-state index contributed by atoms with van der Waals surface area (Å²) in [5.74, 6) is -4.41. The summed E-state index contributed by atoms with van der Waals surface area (Å²) in [6, 6.07) is -4.12. The van der Waals surface area contributed by atoms with E-state index >= 15 is 0 Å². The number of aliphatic carboxylic acids is 2. The van der Waals surface area contributed by atoms with Gasteiger partial charge < -0.3 is 37.2 Å². The maximum absolute atomic E-state index is 12.8. The van der Waals surface area contributed by atoms with E-state index in [4.69, 9.17) is 16.6 Å². The number of amides is 3. The highest BCUT2D eigenvalue weighted by Gasteiger charge is 2.37. The first kappa shape index (κ1) is 27.7. The molecule has 0 spiro atoms. The first-order chi connectivity index (χ1) is 15.1. The third-order valence-corrected chi connectivity index (χ3v) is 5.57. The van der Waals surface area contributed by atoms with Crippen LogP contribution in [0.25, 0.3) is 0 Å². The minimum Gasteiger partial charge on any atom is -0.481 e. The quantitative estimate of drug-likeness (QED) is 0.113. The van der Waals surface area contributed by atoms with Crippen molar-refractivity contribution < 1.29 is 34.2 Å². The number of nitrogens with two attached hydrogens (primary N) is 2. The van der Waals surface area contributed by atoms with Gasteiger partial charge in [-0.15, -0.1) is 0 Å². The average molecular weight is 476 g/mol. The Hall–Kier alpha value is -2.38. The lowest BCUT2D eigenvalue weighted by Gasteiger charge is -2.28. The molecule has 1 fully saturated rings. The fourth-order valence-corrected chi connectivity index (χ4v) is 3.66. The Bertz CT molecular complexity index is 693. The average Bonchev–Trinajstić information content (AvgIpc) is 3.23. The van der Waals surface area contributed by atoms with Crippen LogP contribution in [-0.2, 0) is 24.0 Å². The molecule has 1 saturated heterocycles. The van der Waals surface area contributed by atoms with Gasteiger partial charge in [0.15, 0.2) is 0 Å². The van der Waals surface area contributed by atoms with Crippen molar-refractivity contribution in [2.75, 3.05) is 18.8 Å². The van der Waals surface area contributed by atoms with Crippen LogP contribution in [0.3, 0.4) is 0 Å². The van der Waals surface area contributed by atoms with E-state index in [1.54, 1.807) is 0 Å². The Morgan fingerprint density at radius 1 is 1.06 bits per heavy atom. The largest absolute Gasteiger partial charge is 0.481 e. The summed E-state index contributed by atoms with van der Waals surface area (Å²) in [7, 11) is 0. The number of hydrogen-bond acceptors (Lipinski definition) is 8. The molecule has 12 nitrogen and oxygen atoms in total. The van der Waals surface area contributed by atoms with Crippen LogP contribution in [0.5, 0.6) is 0 Å². The zero-order valence-corrected chi connectivity index (χ0v) is 18.8. The molecule has 4 unspecified atom stereocenters. The first-order valence-corrected chi connectivity index (χ1v) is 11.2. The van der Waals surface area contributed by atoms with E-state index in [1.165, 1.54) is 4.90 Å². The van der Waals surface area contributed by atoms with Gasteiger partial charge in [0.2, 0.25) is 17.7 Å². The number of hydrogen-bond donors (Lipinski definition) is 7. The minimum absolute atomic E-state index is 0.123. The smallest absolute Gasteiger partial charge is 0.326 e. The molecule has 4 atom stereocenters. The molecule has 0 saturated carbocycles. The minimum atomic E-state index is -1.42. The van der Waals surface area contributed by atoms with Gasteiger partial charge in [0.05, 0.1) is 6.04 Å². The molecule has 0 aromatic heterocycles. The molecular weight excluding hydrogens is 442 g/mol. The van der Waals surface area contributed by atoms with E-state index in [2.05, 4.69) is 23.3 Å². The number of likely N-dealkylation sites (tertiary alicyclic amines) is 1. The molecule has 1 aliphatic rings. The van der Waals surface area contributed by atoms with Gasteiger partial charge in [-0.25, -0.2) is 4.79 Å². The Labute approximate surface area is 191 Å². The number of rotatable bonds is 14. The zero-order valence-electron chi connectivity index (χ0n) is 17.9. The number of unbranched alkanes of at least 4 members (excludes halogenated alkanes) is 1. The lowest BCUT2D eigenvalue weighted by Crippen LogP contribution is -2.57. The van der Waals surface area contributed by atoms with Crippen molar-refractivity contribution in [1.82, 2.24) is 15.5 Å². The lowest BCUT2D eigenvalue weighted by molar-refractivity contribution is -0.144. The van der Waals surface area contributed by atoms with Crippen molar-refractivity contribution in [1.29, 1.82) is 0 Å². The summed E-state index contributed by atoms with van der Waals surface area (Å²) in [5, 5.41) is 22.6. The molecule has 1 aliphatic heterocycles. The van der Waals surface area contributed by atoms with Crippen molar-refractivity contribution in [2.45, 2.75) is 69.1 Å². The number of thiol groups is 1. The van der Waals surface area contributed by atoms with Crippen molar-refractivity contribution in [3.63, 3.8) is 0 Å². The summed E-state index contributed by atoms with van der Waals surface area (Å²) >= 11 is 4.05. The van der Waals surface area contributed by atoms with E-state index in [0.29, 0.717) is 38.8 Å². The molecule has 3 amide bonds. The third-order valence-electron chi connectivity index (χ3n) is 5.20. The molecule has 1 heterocycles. The maximum Gasteiger partial charge on any atom is 0.326 e. The van der Waals surface area contributed by atoms with Gasteiger partial charge in [0.1, 0.15) is 18.1 Å². The highest BCUT2D eigenvalue weighted by molar-refractivity contribution is 7.80. The molecule has 1 rings (SSSR count). The SMILES string of the molecule is NCCCCC(N)C(=O)N1CCCC1C(=O)NC(CS)C(=O)NC(CCC(=O)O)C(=O)O. The van der Waals surface area contributed by atoms with Crippen LogP contribution in [0, 0.1) is 0 Å². The van der Waals surface area contributed by atoms with Crippen LogP contribution < -0.4 is 22.1 Å². The molecule has 13 heteroatoms. The van der Waals surface area contributed by atoms with Gasteiger partial charge >= 0.3 is 11.9 Å². The Balaban J connectivity index is 2.73. The number of carbonyl (C=O) groups excluding carboxylic acids is 3.